The summed E-state index contributed by atoms with van der Waals surface area (Å²) in [5, 5.41) is 11.2. The number of amides is 1. The number of aliphatic hydroxyl groups excluding tert-OH is 1. The highest BCUT2D eigenvalue weighted by molar-refractivity contribution is 6.46. The van der Waals surface area contributed by atoms with E-state index in [2.05, 4.69) is 6.92 Å². The van der Waals surface area contributed by atoms with Gasteiger partial charge in [-0.05, 0) is 62.3 Å². The molecule has 0 saturated carbocycles. The Balaban J connectivity index is 2.14. The van der Waals surface area contributed by atoms with Gasteiger partial charge >= 0.3 is 0 Å². The highest BCUT2D eigenvalue weighted by Gasteiger charge is 2.45. The number of aryl methyl sites for hydroxylation is 2. The molecule has 2 aromatic carbocycles. The molecule has 31 heavy (non-hydrogen) atoms. The highest BCUT2D eigenvalue weighted by Crippen LogP contribution is 2.39. The maximum absolute atomic E-state index is 13.0. The molecule has 6 nitrogen and oxygen atoms in total. The normalized spacial score (nSPS) is 18.1. The number of hydrogen-bond acceptors (Lipinski definition) is 5. The maximum Gasteiger partial charge on any atom is 0.295 e. The molecule has 1 saturated heterocycles. The zero-order chi connectivity index (χ0) is 22.7. The summed E-state index contributed by atoms with van der Waals surface area (Å²) in [7, 11) is 5.42. The minimum atomic E-state index is -0.658. The van der Waals surface area contributed by atoms with Crippen LogP contribution in [0.4, 0.5) is 0 Å². The molecular weight excluding hydrogens is 392 g/mol. The number of carbonyl (C=O) groups is 2. The molecule has 0 aromatic heterocycles. The number of Topliss-reactive ketones (excluding diaryl/α,β-unsaturated/α-hetero) is 1. The van der Waals surface area contributed by atoms with E-state index >= 15 is 0 Å². The van der Waals surface area contributed by atoms with Crippen LogP contribution < -0.4 is 4.74 Å². The third-order valence-electron chi connectivity index (χ3n) is 5.70. The lowest BCUT2D eigenvalue weighted by Gasteiger charge is -2.26. The predicted octanol–water partition coefficient (Wildman–Crippen LogP) is 3.55. The lowest BCUT2D eigenvalue weighted by Crippen LogP contribution is -2.35. The molecule has 0 radical (unpaired) electrons. The van der Waals surface area contributed by atoms with E-state index in [1.54, 1.807) is 30.2 Å². The fraction of sp³-hybridized carbons (Fsp3) is 0.360. The Labute approximate surface area is 183 Å². The summed E-state index contributed by atoms with van der Waals surface area (Å²) < 4.78 is 5.30. The average Bonchev–Trinajstić information content (AvgIpc) is 3.01. The SMILES string of the molecule is CCc1ccc([C@H]2/C(=C(\O)c3ccc(OC)c(C)c3)C(=O)C(=O)N2CCN(C)C)cc1. The van der Waals surface area contributed by atoms with Crippen molar-refractivity contribution in [3.63, 3.8) is 0 Å². The number of benzene rings is 2. The van der Waals surface area contributed by atoms with Gasteiger partial charge in [0.1, 0.15) is 11.5 Å². The predicted molar refractivity (Wildman–Crippen MR) is 121 cm³/mol. The van der Waals surface area contributed by atoms with Gasteiger partial charge in [-0.1, -0.05) is 31.2 Å². The third kappa shape index (κ3) is 4.49. The van der Waals surface area contributed by atoms with Crippen molar-refractivity contribution in [2.45, 2.75) is 26.3 Å². The van der Waals surface area contributed by atoms with Crippen LogP contribution in [0.2, 0.25) is 0 Å². The summed E-state index contributed by atoms with van der Waals surface area (Å²) in [4.78, 5) is 29.5. The Morgan fingerprint density at radius 3 is 2.35 bits per heavy atom. The van der Waals surface area contributed by atoms with Crippen LogP contribution in [0.15, 0.2) is 48.0 Å². The Morgan fingerprint density at radius 1 is 1.13 bits per heavy atom. The Kier molecular flexibility index (Phi) is 6.81. The van der Waals surface area contributed by atoms with E-state index in [1.807, 2.05) is 50.2 Å². The number of methoxy groups -OCH3 is 1. The standard InChI is InChI=1S/C25H30N2O4/c1-6-17-7-9-18(10-8-17)22-21(24(29)25(30)27(22)14-13-26(3)4)23(28)19-11-12-20(31-5)16(2)15-19/h7-12,15,22,28H,6,13-14H2,1-5H3/b23-21+/t22-/m0/s1. The van der Waals surface area contributed by atoms with Gasteiger partial charge in [0.05, 0.1) is 18.7 Å². The number of hydrogen-bond donors (Lipinski definition) is 1. The third-order valence-corrected chi connectivity index (χ3v) is 5.70. The monoisotopic (exact) mass is 422 g/mol. The number of likely N-dealkylation sites (tertiary alicyclic amines) is 1. The molecule has 0 bridgehead atoms. The van der Waals surface area contributed by atoms with Gasteiger partial charge in [0, 0.05) is 18.7 Å². The second kappa shape index (κ2) is 9.35. The second-order valence-corrected chi connectivity index (χ2v) is 8.08. The lowest BCUT2D eigenvalue weighted by molar-refractivity contribution is -0.140. The van der Waals surface area contributed by atoms with E-state index < -0.39 is 17.7 Å². The van der Waals surface area contributed by atoms with Crippen molar-refractivity contribution in [3.8, 4) is 5.75 Å². The molecule has 0 unspecified atom stereocenters. The van der Waals surface area contributed by atoms with Crippen LogP contribution in [-0.4, -0.2) is 60.9 Å². The summed E-state index contributed by atoms with van der Waals surface area (Å²) in [6, 6.07) is 12.4. The average molecular weight is 423 g/mol. The van der Waals surface area contributed by atoms with Gasteiger partial charge in [-0.15, -0.1) is 0 Å². The molecule has 1 aliphatic rings. The molecule has 0 spiro atoms. The first-order valence-electron chi connectivity index (χ1n) is 10.5. The molecule has 164 valence electrons. The maximum atomic E-state index is 13.0. The van der Waals surface area contributed by atoms with Crippen molar-refractivity contribution in [3.05, 3.63) is 70.3 Å². The van der Waals surface area contributed by atoms with Crippen molar-refractivity contribution < 1.29 is 19.4 Å². The quantitative estimate of drug-likeness (QED) is 0.420. The first-order chi connectivity index (χ1) is 14.8. The van der Waals surface area contributed by atoms with E-state index in [0.29, 0.717) is 24.4 Å². The van der Waals surface area contributed by atoms with Crippen molar-refractivity contribution in [2.24, 2.45) is 0 Å². The van der Waals surface area contributed by atoms with Gasteiger partial charge in [-0.2, -0.15) is 0 Å². The smallest absolute Gasteiger partial charge is 0.295 e. The molecule has 1 N–H and O–H groups in total. The topological polar surface area (TPSA) is 70.1 Å². The van der Waals surface area contributed by atoms with Gasteiger partial charge in [0.2, 0.25) is 0 Å². The van der Waals surface area contributed by atoms with Gasteiger partial charge in [0.15, 0.2) is 0 Å². The Bertz CT molecular complexity index is 1010. The lowest BCUT2D eigenvalue weighted by atomic mass is 9.94. The molecule has 1 fully saturated rings. The summed E-state index contributed by atoms with van der Waals surface area (Å²) >= 11 is 0. The molecule has 3 rings (SSSR count). The van der Waals surface area contributed by atoms with Crippen molar-refractivity contribution >= 4 is 17.4 Å². The molecule has 0 aliphatic carbocycles. The van der Waals surface area contributed by atoms with Crippen molar-refractivity contribution in [1.82, 2.24) is 9.80 Å². The van der Waals surface area contributed by atoms with Crippen LogP contribution in [0, 0.1) is 6.92 Å². The number of nitrogens with zero attached hydrogens (tertiary/aromatic N) is 2. The van der Waals surface area contributed by atoms with Crippen LogP contribution in [-0.2, 0) is 16.0 Å². The van der Waals surface area contributed by atoms with Crippen LogP contribution in [0.1, 0.15) is 35.2 Å². The highest BCUT2D eigenvalue weighted by atomic mass is 16.5. The number of likely N-dealkylation sites (N-methyl/N-ethyl adjacent to an activating group) is 1. The van der Waals surface area contributed by atoms with Crippen LogP contribution >= 0.6 is 0 Å². The van der Waals surface area contributed by atoms with Crippen LogP contribution in [0.3, 0.4) is 0 Å². The van der Waals surface area contributed by atoms with Crippen LogP contribution in [0.5, 0.6) is 5.75 Å². The molecule has 1 amide bonds. The van der Waals surface area contributed by atoms with Gasteiger partial charge in [-0.25, -0.2) is 0 Å². The number of carbonyl (C=O) groups excluding carboxylic acids is 2. The molecule has 1 heterocycles. The summed E-state index contributed by atoms with van der Waals surface area (Å²) in [5.74, 6) is -0.719. The summed E-state index contributed by atoms with van der Waals surface area (Å²) in [6.45, 7) is 4.94. The van der Waals surface area contributed by atoms with Crippen molar-refractivity contribution in [1.29, 1.82) is 0 Å². The molecule has 1 aliphatic heterocycles. The van der Waals surface area contributed by atoms with Crippen molar-refractivity contribution in [2.75, 3.05) is 34.3 Å². The minimum absolute atomic E-state index is 0.123. The molecule has 2 aromatic rings. The summed E-state index contributed by atoms with van der Waals surface area (Å²) in [5.41, 5.74) is 3.41. The van der Waals surface area contributed by atoms with Crippen LogP contribution in [0.25, 0.3) is 5.76 Å². The largest absolute Gasteiger partial charge is 0.507 e. The zero-order valence-electron chi connectivity index (χ0n) is 18.8. The van der Waals surface area contributed by atoms with E-state index in [9.17, 15) is 14.7 Å². The molecule has 1 atom stereocenters. The molecular formula is C25H30N2O4. The van der Waals surface area contributed by atoms with E-state index in [1.165, 1.54) is 5.56 Å². The fourth-order valence-electron chi connectivity index (χ4n) is 3.88. The number of aliphatic hydroxyl groups is 1. The Morgan fingerprint density at radius 2 is 1.81 bits per heavy atom. The molecule has 6 heteroatoms. The van der Waals surface area contributed by atoms with E-state index in [4.69, 9.17) is 4.74 Å². The fourth-order valence-corrected chi connectivity index (χ4v) is 3.88. The first kappa shape index (κ1) is 22.6. The number of rotatable bonds is 7. The Hall–Kier alpha value is -3.12. The second-order valence-electron chi connectivity index (χ2n) is 8.08. The summed E-state index contributed by atoms with van der Waals surface area (Å²) in [6.07, 6.45) is 0.895. The zero-order valence-corrected chi connectivity index (χ0v) is 18.8. The van der Waals surface area contributed by atoms with Gasteiger partial charge in [-0.3, -0.25) is 9.59 Å². The van der Waals surface area contributed by atoms with E-state index in [0.717, 1.165) is 17.5 Å². The van der Waals surface area contributed by atoms with Gasteiger partial charge in [0.25, 0.3) is 11.7 Å². The first-order valence-corrected chi connectivity index (χ1v) is 10.5. The van der Waals surface area contributed by atoms with E-state index in [-0.39, 0.29) is 11.3 Å². The minimum Gasteiger partial charge on any atom is -0.507 e. The number of ether oxygens (including phenoxy) is 1. The number of ketones is 1. The van der Waals surface area contributed by atoms with Gasteiger partial charge < -0.3 is 19.6 Å².